The van der Waals surface area contributed by atoms with E-state index < -0.39 is 0 Å². The topological polar surface area (TPSA) is 71.3 Å². The van der Waals surface area contributed by atoms with Crippen LogP contribution >= 0.6 is 0 Å². The summed E-state index contributed by atoms with van der Waals surface area (Å²) in [5.41, 5.74) is 0. The van der Waals surface area contributed by atoms with Crippen LogP contribution in [0.4, 0.5) is 0 Å². The molecular formula is C12H18N2O3. The molecule has 0 aliphatic carbocycles. The van der Waals surface area contributed by atoms with Gasteiger partial charge in [0.1, 0.15) is 0 Å². The van der Waals surface area contributed by atoms with Gasteiger partial charge in [-0.05, 0) is 18.6 Å². The van der Waals surface area contributed by atoms with Crippen molar-refractivity contribution in [2.45, 2.75) is 26.2 Å². The van der Waals surface area contributed by atoms with Crippen molar-refractivity contribution in [1.29, 1.82) is 0 Å². The lowest BCUT2D eigenvalue weighted by molar-refractivity contribution is -0.120. The molecule has 2 N–H and O–H groups in total. The van der Waals surface area contributed by atoms with E-state index in [9.17, 15) is 9.59 Å². The highest BCUT2D eigenvalue weighted by Gasteiger charge is 2.09. The lowest BCUT2D eigenvalue weighted by Crippen LogP contribution is -2.37. The Labute approximate surface area is 101 Å². The van der Waals surface area contributed by atoms with E-state index in [4.69, 9.17) is 4.42 Å². The normalized spacial score (nSPS) is 9.94. The Hall–Kier alpha value is -1.78. The Bertz CT molecular complexity index is 347. The average Bonchev–Trinajstić information content (AvgIpc) is 2.85. The lowest BCUT2D eigenvalue weighted by Gasteiger charge is -2.05. The summed E-state index contributed by atoms with van der Waals surface area (Å²) >= 11 is 0. The first-order chi connectivity index (χ1) is 8.24. The molecule has 5 heteroatoms. The first kappa shape index (κ1) is 13.3. The van der Waals surface area contributed by atoms with Gasteiger partial charge >= 0.3 is 0 Å². The van der Waals surface area contributed by atoms with E-state index in [0.29, 0.717) is 6.54 Å². The minimum Gasteiger partial charge on any atom is -0.459 e. The van der Waals surface area contributed by atoms with Crippen LogP contribution < -0.4 is 10.6 Å². The predicted octanol–water partition coefficient (Wildman–Crippen LogP) is 1.32. The van der Waals surface area contributed by atoms with Crippen LogP contribution in [-0.2, 0) is 4.79 Å². The summed E-state index contributed by atoms with van der Waals surface area (Å²) in [5, 5.41) is 5.21. The molecule has 1 heterocycles. The summed E-state index contributed by atoms with van der Waals surface area (Å²) in [7, 11) is 0. The fourth-order valence-corrected chi connectivity index (χ4v) is 1.32. The van der Waals surface area contributed by atoms with E-state index in [0.717, 1.165) is 19.3 Å². The van der Waals surface area contributed by atoms with Gasteiger partial charge in [-0.3, -0.25) is 9.59 Å². The molecule has 0 spiro atoms. The number of carbonyl (C=O) groups is 2. The zero-order valence-corrected chi connectivity index (χ0v) is 9.99. The second kappa shape index (κ2) is 7.49. The molecule has 0 aliphatic rings. The van der Waals surface area contributed by atoms with Gasteiger partial charge in [-0.25, -0.2) is 0 Å². The van der Waals surface area contributed by atoms with Crippen molar-refractivity contribution in [1.82, 2.24) is 10.6 Å². The quantitative estimate of drug-likeness (QED) is 0.704. The molecule has 2 amide bonds. The van der Waals surface area contributed by atoms with E-state index in [2.05, 4.69) is 17.6 Å². The molecule has 0 aromatic carbocycles. The molecular weight excluding hydrogens is 220 g/mol. The highest BCUT2D eigenvalue weighted by molar-refractivity contribution is 5.94. The molecule has 17 heavy (non-hydrogen) atoms. The summed E-state index contributed by atoms with van der Waals surface area (Å²) in [6, 6.07) is 3.17. The lowest BCUT2D eigenvalue weighted by atomic mass is 10.2. The van der Waals surface area contributed by atoms with Gasteiger partial charge in [0.2, 0.25) is 5.91 Å². The Morgan fingerprint density at radius 1 is 1.29 bits per heavy atom. The number of carbonyl (C=O) groups excluding carboxylic acids is 2. The van der Waals surface area contributed by atoms with Crippen molar-refractivity contribution in [2.75, 3.05) is 13.1 Å². The van der Waals surface area contributed by atoms with Crippen molar-refractivity contribution in [3.63, 3.8) is 0 Å². The molecule has 0 saturated carbocycles. The van der Waals surface area contributed by atoms with Gasteiger partial charge in [0, 0.05) is 6.54 Å². The van der Waals surface area contributed by atoms with Crippen LogP contribution in [0.2, 0.25) is 0 Å². The Morgan fingerprint density at radius 2 is 2.12 bits per heavy atom. The third-order valence-electron chi connectivity index (χ3n) is 2.26. The molecule has 94 valence electrons. The van der Waals surface area contributed by atoms with Crippen LogP contribution in [0.1, 0.15) is 36.7 Å². The van der Waals surface area contributed by atoms with Gasteiger partial charge in [-0.2, -0.15) is 0 Å². The highest BCUT2D eigenvalue weighted by atomic mass is 16.3. The Balaban J connectivity index is 2.13. The average molecular weight is 238 g/mol. The van der Waals surface area contributed by atoms with Crippen LogP contribution in [0.3, 0.4) is 0 Å². The standard InChI is InChI=1S/C12H18N2O3/c1-2-3-4-7-13-11(15)9-14-12(16)10-6-5-8-17-10/h5-6,8H,2-4,7,9H2,1H3,(H,13,15)(H,14,16). The fourth-order valence-electron chi connectivity index (χ4n) is 1.32. The van der Waals surface area contributed by atoms with Gasteiger partial charge in [0.05, 0.1) is 12.8 Å². The maximum absolute atomic E-state index is 11.4. The summed E-state index contributed by atoms with van der Waals surface area (Å²) < 4.78 is 4.90. The van der Waals surface area contributed by atoms with Crippen molar-refractivity contribution in [3.05, 3.63) is 24.2 Å². The molecule has 0 aliphatic heterocycles. The maximum Gasteiger partial charge on any atom is 0.287 e. The van der Waals surface area contributed by atoms with Crippen LogP contribution in [0.15, 0.2) is 22.8 Å². The van der Waals surface area contributed by atoms with Gasteiger partial charge in [0.25, 0.3) is 5.91 Å². The SMILES string of the molecule is CCCCCNC(=O)CNC(=O)c1ccco1. The summed E-state index contributed by atoms with van der Waals surface area (Å²) in [6.07, 6.45) is 4.60. The smallest absolute Gasteiger partial charge is 0.287 e. The number of hydrogen-bond donors (Lipinski definition) is 2. The van der Waals surface area contributed by atoms with Gasteiger partial charge in [-0.1, -0.05) is 19.8 Å². The zero-order valence-electron chi connectivity index (χ0n) is 9.99. The molecule has 0 unspecified atom stereocenters. The maximum atomic E-state index is 11.4. The first-order valence-electron chi connectivity index (χ1n) is 5.82. The Morgan fingerprint density at radius 3 is 2.76 bits per heavy atom. The van der Waals surface area contributed by atoms with Gasteiger partial charge < -0.3 is 15.1 Å². The molecule has 0 saturated heterocycles. The largest absolute Gasteiger partial charge is 0.459 e. The number of unbranched alkanes of at least 4 members (excludes halogenated alkanes) is 2. The van der Waals surface area contributed by atoms with Crippen molar-refractivity contribution < 1.29 is 14.0 Å². The van der Waals surface area contributed by atoms with Crippen LogP contribution in [-0.4, -0.2) is 24.9 Å². The molecule has 1 aromatic rings. The van der Waals surface area contributed by atoms with Crippen molar-refractivity contribution in [2.24, 2.45) is 0 Å². The van der Waals surface area contributed by atoms with Gasteiger partial charge in [-0.15, -0.1) is 0 Å². The molecule has 1 aromatic heterocycles. The number of furan rings is 1. The summed E-state index contributed by atoms with van der Waals surface area (Å²) in [4.78, 5) is 22.7. The zero-order chi connectivity index (χ0) is 12.5. The fraction of sp³-hybridized carbons (Fsp3) is 0.500. The third-order valence-corrected chi connectivity index (χ3v) is 2.26. The van der Waals surface area contributed by atoms with E-state index >= 15 is 0 Å². The molecule has 0 atom stereocenters. The minimum atomic E-state index is -0.376. The van der Waals surface area contributed by atoms with E-state index in [1.807, 2.05) is 0 Å². The first-order valence-corrected chi connectivity index (χ1v) is 5.82. The molecule has 0 radical (unpaired) electrons. The molecule has 1 rings (SSSR count). The van der Waals surface area contributed by atoms with Gasteiger partial charge in [0.15, 0.2) is 5.76 Å². The number of amides is 2. The molecule has 0 fully saturated rings. The molecule has 0 bridgehead atoms. The number of rotatable bonds is 7. The molecule has 5 nitrogen and oxygen atoms in total. The number of hydrogen-bond acceptors (Lipinski definition) is 3. The predicted molar refractivity (Wildman–Crippen MR) is 63.6 cm³/mol. The summed E-state index contributed by atoms with van der Waals surface area (Å²) in [6.45, 7) is 2.74. The third kappa shape index (κ3) is 5.19. The highest BCUT2D eigenvalue weighted by Crippen LogP contribution is 1.98. The van der Waals surface area contributed by atoms with Crippen LogP contribution in [0, 0.1) is 0 Å². The van der Waals surface area contributed by atoms with Crippen molar-refractivity contribution >= 4 is 11.8 Å². The number of nitrogens with one attached hydrogen (secondary N) is 2. The second-order valence-corrected chi connectivity index (χ2v) is 3.72. The van der Waals surface area contributed by atoms with E-state index in [-0.39, 0.29) is 24.1 Å². The Kier molecular flexibility index (Phi) is 5.85. The van der Waals surface area contributed by atoms with E-state index in [1.165, 1.54) is 6.26 Å². The van der Waals surface area contributed by atoms with Crippen LogP contribution in [0.5, 0.6) is 0 Å². The summed E-state index contributed by atoms with van der Waals surface area (Å²) in [5.74, 6) is -0.344. The monoisotopic (exact) mass is 238 g/mol. The minimum absolute atomic E-state index is 0.0222. The van der Waals surface area contributed by atoms with Crippen molar-refractivity contribution in [3.8, 4) is 0 Å². The van der Waals surface area contributed by atoms with E-state index in [1.54, 1.807) is 12.1 Å². The second-order valence-electron chi connectivity index (χ2n) is 3.72. The van der Waals surface area contributed by atoms with Crippen LogP contribution in [0.25, 0.3) is 0 Å².